The second-order valence-corrected chi connectivity index (χ2v) is 7.41. The van der Waals surface area contributed by atoms with E-state index in [1.807, 2.05) is 19.1 Å². The molecule has 24 heavy (non-hydrogen) atoms. The van der Waals surface area contributed by atoms with Crippen molar-refractivity contribution in [2.75, 3.05) is 25.4 Å². The lowest BCUT2D eigenvalue weighted by Crippen LogP contribution is -2.38. The number of rotatable bonds is 3. The van der Waals surface area contributed by atoms with Crippen molar-refractivity contribution in [1.29, 1.82) is 0 Å². The molecule has 5 nitrogen and oxygen atoms in total. The third-order valence-electron chi connectivity index (χ3n) is 5.41. The Bertz CT molecular complexity index is 748. The van der Waals surface area contributed by atoms with Gasteiger partial charge >= 0.3 is 0 Å². The average molecular weight is 325 g/mol. The number of hydrogen-bond acceptors (Lipinski definition) is 4. The number of anilines is 1. The lowest BCUT2D eigenvalue weighted by molar-refractivity contribution is 0.173. The standard InChI is InChI=1S/C19H27N5/c1-14-10-19-21-17(11-18(20)24(19)22-14)16-8-5-9-23(13-16)12-15-6-3-2-4-7-15/h2-3,10-11,15-16H,4-9,12-13,20H2,1H3/t15-,16+/m0/s1. The molecule has 0 amide bonds. The van der Waals surface area contributed by atoms with Crippen LogP contribution in [0.1, 0.15) is 49.4 Å². The van der Waals surface area contributed by atoms with Crippen LogP contribution in [0.15, 0.2) is 24.3 Å². The van der Waals surface area contributed by atoms with Gasteiger partial charge in [0, 0.05) is 31.1 Å². The number of hydrogen-bond donors (Lipinski definition) is 1. The highest BCUT2D eigenvalue weighted by atomic mass is 15.3. The monoisotopic (exact) mass is 325 g/mol. The van der Waals surface area contributed by atoms with Gasteiger partial charge in [-0.1, -0.05) is 12.2 Å². The molecule has 0 saturated carbocycles. The van der Waals surface area contributed by atoms with E-state index in [0.717, 1.165) is 29.5 Å². The molecule has 0 unspecified atom stereocenters. The molecule has 0 bridgehead atoms. The molecule has 1 aliphatic heterocycles. The number of nitrogens with two attached hydrogens (primary N) is 1. The Morgan fingerprint density at radius 2 is 2.17 bits per heavy atom. The molecule has 0 aromatic carbocycles. The fourth-order valence-corrected chi connectivity index (χ4v) is 4.19. The average Bonchev–Trinajstić information content (AvgIpc) is 2.97. The van der Waals surface area contributed by atoms with Crippen molar-refractivity contribution in [3.8, 4) is 0 Å². The smallest absolute Gasteiger partial charge is 0.157 e. The van der Waals surface area contributed by atoms with E-state index >= 15 is 0 Å². The molecule has 2 aliphatic rings. The van der Waals surface area contributed by atoms with Gasteiger partial charge in [0.05, 0.1) is 11.4 Å². The van der Waals surface area contributed by atoms with Crippen LogP contribution in [0, 0.1) is 12.8 Å². The van der Waals surface area contributed by atoms with Crippen molar-refractivity contribution in [2.45, 2.75) is 44.9 Å². The first-order valence-corrected chi connectivity index (χ1v) is 9.19. The SMILES string of the molecule is Cc1cc2nc([C@@H]3CCCN(C[C@H]4CC=CCC4)C3)cc(N)n2n1. The molecule has 2 aromatic heterocycles. The van der Waals surface area contributed by atoms with Gasteiger partial charge in [-0.15, -0.1) is 0 Å². The molecule has 2 aromatic rings. The van der Waals surface area contributed by atoms with E-state index in [1.165, 1.54) is 45.2 Å². The van der Waals surface area contributed by atoms with Gasteiger partial charge in [-0.05, 0) is 51.5 Å². The zero-order chi connectivity index (χ0) is 16.5. The Labute approximate surface area is 143 Å². The molecule has 1 aliphatic carbocycles. The van der Waals surface area contributed by atoms with E-state index in [-0.39, 0.29) is 0 Å². The predicted molar refractivity (Wildman–Crippen MR) is 97.0 cm³/mol. The Kier molecular flexibility index (Phi) is 4.27. The Morgan fingerprint density at radius 1 is 1.25 bits per heavy atom. The van der Waals surface area contributed by atoms with Crippen LogP contribution >= 0.6 is 0 Å². The molecule has 4 rings (SSSR count). The van der Waals surface area contributed by atoms with Crippen molar-refractivity contribution >= 4 is 11.5 Å². The van der Waals surface area contributed by atoms with E-state index in [4.69, 9.17) is 10.7 Å². The van der Waals surface area contributed by atoms with E-state index in [0.29, 0.717) is 11.7 Å². The van der Waals surface area contributed by atoms with Gasteiger partial charge < -0.3 is 10.6 Å². The van der Waals surface area contributed by atoms with Crippen LogP contribution in [-0.2, 0) is 0 Å². The van der Waals surface area contributed by atoms with Crippen LogP contribution < -0.4 is 5.73 Å². The number of piperidine rings is 1. The molecule has 0 spiro atoms. The summed E-state index contributed by atoms with van der Waals surface area (Å²) in [5, 5.41) is 4.40. The van der Waals surface area contributed by atoms with Crippen LogP contribution in [-0.4, -0.2) is 39.1 Å². The zero-order valence-electron chi connectivity index (χ0n) is 14.5. The van der Waals surface area contributed by atoms with Crippen molar-refractivity contribution in [3.63, 3.8) is 0 Å². The first-order valence-electron chi connectivity index (χ1n) is 9.19. The van der Waals surface area contributed by atoms with E-state index < -0.39 is 0 Å². The van der Waals surface area contributed by atoms with Gasteiger partial charge in [0.1, 0.15) is 5.82 Å². The molecule has 5 heteroatoms. The second kappa shape index (κ2) is 6.55. The zero-order valence-corrected chi connectivity index (χ0v) is 14.5. The maximum Gasteiger partial charge on any atom is 0.157 e. The van der Waals surface area contributed by atoms with Gasteiger partial charge in [-0.2, -0.15) is 9.61 Å². The van der Waals surface area contributed by atoms with E-state index in [9.17, 15) is 0 Å². The summed E-state index contributed by atoms with van der Waals surface area (Å²) in [4.78, 5) is 7.49. The first-order chi connectivity index (χ1) is 11.7. The van der Waals surface area contributed by atoms with Crippen LogP contribution in [0.3, 0.4) is 0 Å². The van der Waals surface area contributed by atoms with Gasteiger partial charge in [0.2, 0.25) is 0 Å². The summed E-state index contributed by atoms with van der Waals surface area (Å²) in [5.41, 5.74) is 9.17. The third kappa shape index (κ3) is 3.18. The number of fused-ring (bicyclic) bond motifs is 1. The van der Waals surface area contributed by atoms with E-state index in [1.54, 1.807) is 4.52 Å². The second-order valence-electron chi connectivity index (χ2n) is 7.41. The quantitative estimate of drug-likeness (QED) is 0.881. The lowest BCUT2D eigenvalue weighted by atomic mass is 9.90. The number of aromatic nitrogens is 3. The molecule has 0 radical (unpaired) electrons. The fraction of sp³-hybridized carbons (Fsp3) is 0.579. The molecule has 1 fully saturated rings. The molecule has 1 saturated heterocycles. The lowest BCUT2D eigenvalue weighted by Gasteiger charge is -2.35. The summed E-state index contributed by atoms with van der Waals surface area (Å²) in [7, 11) is 0. The minimum atomic E-state index is 0.486. The number of nitrogens with zero attached hydrogens (tertiary/aromatic N) is 4. The number of aryl methyl sites for hydroxylation is 1. The van der Waals surface area contributed by atoms with Gasteiger partial charge in [0.15, 0.2) is 5.65 Å². The van der Waals surface area contributed by atoms with Crippen molar-refractivity contribution in [1.82, 2.24) is 19.5 Å². The summed E-state index contributed by atoms with van der Waals surface area (Å²) in [6.45, 7) is 5.54. The van der Waals surface area contributed by atoms with Gasteiger partial charge in [-0.3, -0.25) is 0 Å². The molecule has 3 heterocycles. The molecule has 2 atom stereocenters. The predicted octanol–water partition coefficient (Wildman–Crippen LogP) is 3.16. The Hall–Kier alpha value is -1.88. The highest BCUT2D eigenvalue weighted by Crippen LogP contribution is 2.29. The molecular formula is C19H27N5. The van der Waals surface area contributed by atoms with Crippen LogP contribution in [0.2, 0.25) is 0 Å². The number of nitrogen functional groups attached to an aromatic ring is 1. The summed E-state index contributed by atoms with van der Waals surface area (Å²) in [6.07, 6.45) is 11.0. The van der Waals surface area contributed by atoms with Crippen LogP contribution in [0.5, 0.6) is 0 Å². The van der Waals surface area contributed by atoms with Crippen molar-refractivity contribution < 1.29 is 0 Å². The molecule has 128 valence electrons. The maximum atomic E-state index is 6.20. The topological polar surface area (TPSA) is 59.5 Å². The summed E-state index contributed by atoms with van der Waals surface area (Å²) in [5.74, 6) is 2.00. The van der Waals surface area contributed by atoms with Crippen LogP contribution in [0.25, 0.3) is 5.65 Å². The normalized spacial score (nSPS) is 25.4. The minimum absolute atomic E-state index is 0.486. The highest BCUT2D eigenvalue weighted by Gasteiger charge is 2.25. The Balaban J connectivity index is 1.50. The maximum absolute atomic E-state index is 6.20. The van der Waals surface area contributed by atoms with Gasteiger partial charge in [0.25, 0.3) is 0 Å². The van der Waals surface area contributed by atoms with Crippen molar-refractivity contribution in [3.05, 3.63) is 35.7 Å². The first kappa shape index (κ1) is 15.6. The van der Waals surface area contributed by atoms with E-state index in [2.05, 4.69) is 22.2 Å². The third-order valence-corrected chi connectivity index (χ3v) is 5.41. The van der Waals surface area contributed by atoms with Gasteiger partial charge in [-0.25, -0.2) is 4.98 Å². The van der Waals surface area contributed by atoms with Crippen LogP contribution in [0.4, 0.5) is 5.82 Å². The summed E-state index contributed by atoms with van der Waals surface area (Å²) < 4.78 is 1.74. The molecular weight excluding hydrogens is 298 g/mol. The minimum Gasteiger partial charge on any atom is -0.384 e. The highest BCUT2D eigenvalue weighted by molar-refractivity contribution is 5.48. The Morgan fingerprint density at radius 3 is 3.00 bits per heavy atom. The number of allylic oxidation sites excluding steroid dienone is 2. The summed E-state index contributed by atoms with van der Waals surface area (Å²) in [6, 6.07) is 4.03. The number of likely N-dealkylation sites (tertiary alicyclic amines) is 1. The fourth-order valence-electron chi connectivity index (χ4n) is 4.19. The molecule has 2 N–H and O–H groups in total. The summed E-state index contributed by atoms with van der Waals surface area (Å²) >= 11 is 0. The largest absolute Gasteiger partial charge is 0.384 e. The van der Waals surface area contributed by atoms with Crippen molar-refractivity contribution in [2.24, 2.45) is 5.92 Å².